The van der Waals surface area contributed by atoms with Gasteiger partial charge in [-0.3, -0.25) is 14.4 Å². The standard InChI is InChI=1S/C33H25NO6/c1-39-25-16-15-23-22-13-14-24-26(27(22)33(17-5-6-18-33)40-30(23)29(25)36)32(38)34(31(24)37)21-11-9-20(10-12-21)28(35)19-7-3-2-4-8-19/h2-4,7-16,36H,5-6,17-18H2,1H3. The van der Waals surface area contributed by atoms with Crippen LogP contribution in [0.3, 0.4) is 0 Å². The summed E-state index contributed by atoms with van der Waals surface area (Å²) in [5, 5.41) is 10.9. The number of rotatable bonds is 4. The normalized spacial score (nSPS) is 16.4. The van der Waals surface area contributed by atoms with E-state index in [-0.39, 0.29) is 11.5 Å². The summed E-state index contributed by atoms with van der Waals surface area (Å²) in [4.78, 5) is 41.8. The SMILES string of the molecule is COc1ccc2c(c1O)OC1(CCCC1)c1c-2ccc2c1C(=O)N(c1ccc(C(=O)c3ccccc3)cc1)C2=O. The Labute approximate surface area is 230 Å². The first-order chi connectivity index (χ1) is 19.4. The second kappa shape index (κ2) is 8.81. The number of methoxy groups -OCH3 is 1. The van der Waals surface area contributed by atoms with E-state index in [1.807, 2.05) is 18.2 Å². The van der Waals surface area contributed by atoms with Crippen LogP contribution in [0.1, 0.15) is 67.9 Å². The Morgan fingerprint density at radius 3 is 2.17 bits per heavy atom. The molecule has 0 aromatic heterocycles. The van der Waals surface area contributed by atoms with E-state index in [4.69, 9.17) is 9.47 Å². The molecule has 1 aliphatic carbocycles. The van der Waals surface area contributed by atoms with Crippen LogP contribution in [0.15, 0.2) is 78.9 Å². The summed E-state index contributed by atoms with van der Waals surface area (Å²) in [5.74, 6) is -0.408. The summed E-state index contributed by atoms with van der Waals surface area (Å²) in [6, 6.07) is 22.5. The third kappa shape index (κ3) is 3.33. The third-order valence-electron chi connectivity index (χ3n) is 8.25. The zero-order valence-electron chi connectivity index (χ0n) is 21.8. The zero-order valence-corrected chi connectivity index (χ0v) is 21.8. The summed E-state index contributed by atoms with van der Waals surface area (Å²) >= 11 is 0. The van der Waals surface area contributed by atoms with Crippen LogP contribution in [-0.4, -0.2) is 29.8 Å². The van der Waals surface area contributed by atoms with E-state index >= 15 is 0 Å². The minimum absolute atomic E-state index is 0.0772. The molecule has 3 aliphatic rings. The molecule has 198 valence electrons. The molecule has 0 unspecified atom stereocenters. The highest BCUT2D eigenvalue weighted by Gasteiger charge is 2.51. The molecular formula is C33H25NO6. The maximum Gasteiger partial charge on any atom is 0.266 e. The average Bonchev–Trinajstić information content (AvgIpc) is 3.56. The van der Waals surface area contributed by atoms with Gasteiger partial charge in [-0.15, -0.1) is 0 Å². The van der Waals surface area contributed by atoms with Gasteiger partial charge in [0.1, 0.15) is 5.60 Å². The van der Waals surface area contributed by atoms with Crippen molar-refractivity contribution in [2.45, 2.75) is 31.3 Å². The number of amides is 2. The lowest BCUT2D eigenvalue weighted by atomic mass is 9.78. The second-order valence-corrected chi connectivity index (χ2v) is 10.4. The predicted octanol–water partition coefficient (Wildman–Crippen LogP) is 6.26. The monoisotopic (exact) mass is 531 g/mol. The molecule has 0 atom stereocenters. The van der Waals surface area contributed by atoms with Crippen molar-refractivity contribution < 1.29 is 29.0 Å². The highest BCUT2D eigenvalue weighted by molar-refractivity contribution is 6.35. The number of aromatic hydroxyl groups is 1. The topological polar surface area (TPSA) is 93.1 Å². The minimum atomic E-state index is -0.838. The lowest BCUT2D eigenvalue weighted by Crippen LogP contribution is -2.36. The number of fused-ring (bicyclic) bond motifs is 6. The largest absolute Gasteiger partial charge is 0.502 e. The number of nitrogens with zero attached hydrogens (tertiary/aromatic N) is 1. The first-order valence-corrected chi connectivity index (χ1v) is 13.3. The minimum Gasteiger partial charge on any atom is -0.502 e. The molecule has 7 heteroatoms. The fourth-order valence-corrected chi connectivity index (χ4v) is 6.36. The third-order valence-corrected chi connectivity index (χ3v) is 8.25. The average molecular weight is 532 g/mol. The van der Waals surface area contributed by atoms with E-state index in [1.165, 1.54) is 12.0 Å². The van der Waals surface area contributed by atoms with Gasteiger partial charge in [0.15, 0.2) is 17.3 Å². The molecule has 2 amide bonds. The summed E-state index contributed by atoms with van der Waals surface area (Å²) < 4.78 is 11.9. The smallest absolute Gasteiger partial charge is 0.266 e. The maximum absolute atomic E-state index is 14.1. The van der Waals surface area contributed by atoms with E-state index in [0.29, 0.717) is 63.4 Å². The van der Waals surface area contributed by atoms with Crippen LogP contribution in [0, 0.1) is 0 Å². The van der Waals surface area contributed by atoms with E-state index in [0.717, 1.165) is 18.4 Å². The van der Waals surface area contributed by atoms with Crippen molar-refractivity contribution in [1.82, 2.24) is 0 Å². The van der Waals surface area contributed by atoms with Gasteiger partial charge in [-0.2, -0.15) is 0 Å². The maximum atomic E-state index is 14.1. The van der Waals surface area contributed by atoms with Crippen LogP contribution >= 0.6 is 0 Å². The number of phenols is 1. The molecule has 0 bridgehead atoms. The molecule has 7 nitrogen and oxygen atoms in total. The van der Waals surface area contributed by atoms with Crippen LogP contribution in [-0.2, 0) is 5.60 Å². The van der Waals surface area contributed by atoms with Crippen LogP contribution in [0.4, 0.5) is 5.69 Å². The Morgan fingerprint density at radius 2 is 1.48 bits per heavy atom. The zero-order chi connectivity index (χ0) is 27.6. The van der Waals surface area contributed by atoms with Crippen molar-refractivity contribution in [3.63, 3.8) is 0 Å². The highest BCUT2D eigenvalue weighted by atomic mass is 16.5. The molecule has 0 saturated heterocycles. The number of anilines is 1. The van der Waals surface area contributed by atoms with Gasteiger partial charge in [-0.1, -0.05) is 36.4 Å². The van der Waals surface area contributed by atoms with Crippen molar-refractivity contribution >= 4 is 23.3 Å². The highest BCUT2D eigenvalue weighted by Crippen LogP contribution is 2.58. The molecule has 1 spiro atoms. The lowest BCUT2D eigenvalue weighted by Gasteiger charge is -2.39. The van der Waals surface area contributed by atoms with Gasteiger partial charge in [-0.05, 0) is 73.7 Å². The van der Waals surface area contributed by atoms with Crippen molar-refractivity contribution in [2.24, 2.45) is 0 Å². The van der Waals surface area contributed by atoms with Crippen LogP contribution < -0.4 is 14.4 Å². The van der Waals surface area contributed by atoms with Gasteiger partial charge < -0.3 is 14.6 Å². The first-order valence-electron chi connectivity index (χ1n) is 13.3. The number of imide groups is 1. The Kier molecular flexibility index (Phi) is 5.32. The van der Waals surface area contributed by atoms with Crippen LogP contribution in [0.25, 0.3) is 11.1 Å². The molecule has 0 radical (unpaired) electrons. The fourth-order valence-electron chi connectivity index (χ4n) is 6.36. The number of carbonyl (C=O) groups is 3. The Morgan fingerprint density at radius 1 is 0.825 bits per heavy atom. The van der Waals surface area contributed by atoms with Crippen LogP contribution in [0.2, 0.25) is 0 Å². The summed E-state index contributed by atoms with van der Waals surface area (Å²) in [7, 11) is 1.49. The van der Waals surface area contributed by atoms with Gasteiger partial charge in [0.2, 0.25) is 5.75 Å². The summed E-state index contributed by atoms with van der Waals surface area (Å²) in [5.41, 5.74) is 3.38. The predicted molar refractivity (Wildman–Crippen MR) is 148 cm³/mol. The Balaban J connectivity index is 1.32. The molecule has 1 N–H and O–H groups in total. The Hall–Kier alpha value is -4.91. The molecule has 7 rings (SSSR count). The number of benzene rings is 4. The molecule has 40 heavy (non-hydrogen) atoms. The lowest BCUT2D eigenvalue weighted by molar-refractivity contribution is 0.0652. The van der Waals surface area contributed by atoms with Gasteiger partial charge in [0.05, 0.1) is 23.9 Å². The summed E-state index contributed by atoms with van der Waals surface area (Å²) in [6.45, 7) is 0. The van der Waals surface area contributed by atoms with Crippen LogP contribution in [0.5, 0.6) is 17.2 Å². The first kappa shape index (κ1) is 24.2. The molecule has 1 saturated carbocycles. The van der Waals surface area contributed by atoms with Gasteiger partial charge >= 0.3 is 0 Å². The molecule has 2 aliphatic heterocycles. The van der Waals surface area contributed by atoms with Gasteiger partial charge in [-0.25, -0.2) is 4.90 Å². The van der Waals surface area contributed by atoms with Crippen molar-refractivity contribution in [1.29, 1.82) is 0 Å². The number of ether oxygens (including phenoxy) is 2. The van der Waals surface area contributed by atoms with E-state index in [2.05, 4.69) is 0 Å². The molecule has 1 fully saturated rings. The number of ketones is 1. The molecule has 2 heterocycles. The second-order valence-electron chi connectivity index (χ2n) is 10.4. The van der Waals surface area contributed by atoms with E-state index in [9.17, 15) is 19.5 Å². The van der Waals surface area contributed by atoms with Gasteiger partial charge in [0.25, 0.3) is 11.8 Å². The van der Waals surface area contributed by atoms with E-state index < -0.39 is 17.4 Å². The number of hydrogen-bond acceptors (Lipinski definition) is 6. The molecular weight excluding hydrogens is 506 g/mol. The van der Waals surface area contributed by atoms with Crippen molar-refractivity contribution in [2.75, 3.05) is 12.0 Å². The quantitative estimate of drug-likeness (QED) is 0.247. The number of phenolic OH excluding ortho intramolecular Hbond substituents is 1. The fraction of sp³-hybridized carbons (Fsp3) is 0.182. The summed E-state index contributed by atoms with van der Waals surface area (Å²) in [6.07, 6.45) is 3.10. The van der Waals surface area contributed by atoms with Crippen molar-refractivity contribution in [3.8, 4) is 28.4 Å². The number of hydrogen-bond donors (Lipinski definition) is 1. The van der Waals surface area contributed by atoms with E-state index in [1.54, 1.807) is 60.7 Å². The molecule has 4 aromatic rings. The number of carbonyl (C=O) groups excluding carboxylic acids is 3. The van der Waals surface area contributed by atoms with Crippen molar-refractivity contribution in [3.05, 3.63) is 107 Å². The Bertz CT molecular complexity index is 1720. The van der Waals surface area contributed by atoms with Gasteiger partial charge in [0, 0.05) is 22.3 Å². The molecule has 4 aromatic carbocycles.